The molecule has 0 radical (unpaired) electrons. The molecule has 1 aromatic carbocycles. The molecule has 2 nitrogen and oxygen atoms in total. The van der Waals surface area contributed by atoms with Crippen molar-refractivity contribution in [3.63, 3.8) is 0 Å². The summed E-state index contributed by atoms with van der Waals surface area (Å²) in [5, 5.41) is 3.94. The first kappa shape index (κ1) is 11.3. The highest BCUT2D eigenvalue weighted by molar-refractivity contribution is 6.30. The van der Waals surface area contributed by atoms with Gasteiger partial charge in [-0.1, -0.05) is 11.6 Å². The molecule has 0 aliphatic rings. The molecule has 0 aliphatic heterocycles. The predicted molar refractivity (Wildman–Crippen MR) is 63.2 cm³/mol. The summed E-state index contributed by atoms with van der Waals surface area (Å²) in [4.78, 5) is 2.21. The maximum absolute atomic E-state index is 5.95. The molecule has 0 amide bonds. The average molecular weight is 213 g/mol. The molecule has 3 heteroatoms. The van der Waals surface area contributed by atoms with Gasteiger partial charge < -0.3 is 10.2 Å². The van der Waals surface area contributed by atoms with E-state index in [1.807, 2.05) is 19.2 Å². The molecule has 0 spiro atoms. The van der Waals surface area contributed by atoms with Gasteiger partial charge in [0, 0.05) is 30.8 Å². The Bertz CT molecular complexity index is 299. The first-order chi connectivity index (χ1) is 6.69. The summed E-state index contributed by atoms with van der Waals surface area (Å²) in [6.45, 7) is 3.98. The van der Waals surface area contributed by atoms with Crippen LogP contribution in [0.5, 0.6) is 0 Å². The molecule has 1 aromatic rings. The quantitative estimate of drug-likeness (QED) is 0.825. The zero-order valence-corrected chi connectivity index (χ0v) is 9.73. The summed E-state index contributed by atoms with van der Waals surface area (Å²) in [7, 11) is 4.03. The Morgan fingerprint density at radius 2 is 2.14 bits per heavy atom. The second-order valence-electron chi connectivity index (χ2n) is 3.32. The van der Waals surface area contributed by atoms with E-state index >= 15 is 0 Å². The van der Waals surface area contributed by atoms with Gasteiger partial charge in [-0.2, -0.15) is 0 Å². The van der Waals surface area contributed by atoms with Gasteiger partial charge in [0.2, 0.25) is 0 Å². The van der Waals surface area contributed by atoms with Gasteiger partial charge >= 0.3 is 0 Å². The van der Waals surface area contributed by atoms with Crippen molar-refractivity contribution in [2.45, 2.75) is 13.5 Å². The average Bonchev–Trinajstić information content (AvgIpc) is 2.17. The van der Waals surface area contributed by atoms with Gasteiger partial charge in [0.1, 0.15) is 0 Å². The molecule has 0 bridgehead atoms. The van der Waals surface area contributed by atoms with E-state index in [4.69, 9.17) is 11.6 Å². The van der Waals surface area contributed by atoms with Gasteiger partial charge in [-0.05, 0) is 37.7 Å². The Hall–Kier alpha value is -0.730. The normalized spacial score (nSPS) is 10.3. The molecule has 0 unspecified atom stereocenters. The predicted octanol–water partition coefficient (Wildman–Crippen LogP) is 2.52. The van der Waals surface area contributed by atoms with Crippen molar-refractivity contribution in [3.05, 3.63) is 28.8 Å². The van der Waals surface area contributed by atoms with Crippen LogP contribution in [0.25, 0.3) is 0 Å². The van der Waals surface area contributed by atoms with Crippen LogP contribution in [-0.4, -0.2) is 20.6 Å². The van der Waals surface area contributed by atoms with Crippen LogP contribution < -0.4 is 10.2 Å². The molecule has 1 N–H and O–H groups in total. The molecule has 0 aromatic heterocycles. The minimum Gasteiger partial charge on any atom is -0.375 e. The Morgan fingerprint density at radius 3 is 2.71 bits per heavy atom. The third kappa shape index (κ3) is 2.63. The van der Waals surface area contributed by atoms with Gasteiger partial charge in [-0.15, -0.1) is 0 Å². The molecule has 0 atom stereocenters. The summed E-state index contributed by atoms with van der Waals surface area (Å²) in [6.07, 6.45) is 0. The zero-order valence-electron chi connectivity index (χ0n) is 8.97. The molecular formula is C11H17ClN2. The fraction of sp³-hybridized carbons (Fsp3) is 0.455. The summed E-state index contributed by atoms with van der Waals surface area (Å²) >= 11 is 5.95. The molecule has 78 valence electrons. The highest BCUT2D eigenvalue weighted by Gasteiger charge is 2.05. The van der Waals surface area contributed by atoms with Crippen LogP contribution in [0.2, 0.25) is 5.02 Å². The molecular weight excluding hydrogens is 196 g/mol. The van der Waals surface area contributed by atoms with Crippen molar-refractivity contribution < 1.29 is 0 Å². The number of hydrogen-bond donors (Lipinski definition) is 1. The van der Waals surface area contributed by atoms with E-state index in [9.17, 15) is 0 Å². The monoisotopic (exact) mass is 212 g/mol. The van der Waals surface area contributed by atoms with E-state index in [1.54, 1.807) is 0 Å². The largest absolute Gasteiger partial charge is 0.375 e. The number of hydrogen-bond acceptors (Lipinski definition) is 2. The van der Waals surface area contributed by atoms with Gasteiger partial charge in [0.15, 0.2) is 0 Å². The molecule has 1 rings (SSSR count). The molecule has 0 saturated heterocycles. The topological polar surface area (TPSA) is 15.3 Å². The smallest absolute Gasteiger partial charge is 0.0410 e. The van der Waals surface area contributed by atoms with E-state index in [-0.39, 0.29) is 0 Å². The first-order valence-corrected chi connectivity index (χ1v) is 5.21. The Morgan fingerprint density at radius 1 is 1.43 bits per heavy atom. The van der Waals surface area contributed by atoms with E-state index in [2.05, 4.69) is 30.3 Å². The Balaban J connectivity index is 3.01. The standard InChI is InChI=1S/C11H17ClN2/c1-4-14(3)11-6-5-10(12)7-9(11)8-13-2/h5-7,13H,4,8H2,1-3H3. The second-order valence-corrected chi connectivity index (χ2v) is 3.75. The SMILES string of the molecule is CCN(C)c1ccc(Cl)cc1CNC. The van der Waals surface area contributed by atoms with Gasteiger partial charge in [-0.3, -0.25) is 0 Å². The number of nitrogens with one attached hydrogen (secondary N) is 1. The summed E-state index contributed by atoms with van der Waals surface area (Å²) in [5.41, 5.74) is 2.48. The van der Waals surface area contributed by atoms with Crippen LogP contribution >= 0.6 is 11.6 Å². The summed E-state index contributed by atoms with van der Waals surface area (Å²) in [5.74, 6) is 0. The fourth-order valence-corrected chi connectivity index (χ4v) is 1.62. The van der Waals surface area contributed by atoms with Crippen LogP contribution in [0, 0.1) is 0 Å². The zero-order chi connectivity index (χ0) is 10.6. The van der Waals surface area contributed by atoms with Gasteiger partial charge in [0.25, 0.3) is 0 Å². The van der Waals surface area contributed by atoms with Crippen molar-refractivity contribution >= 4 is 17.3 Å². The lowest BCUT2D eigenvalue weighted by Gasteiger charge is -2.20. The lowest BCUT2D eigenvalue weighted by Crippen LogP contribution is -2.19. The van der Waals surface area contributed by atoms with Crippen LogP contribution in [0.4, 0.5) is 5.69 Å². The van der Waals surface area contributed by atoms with Crippen LogP contribution in [0.15, 0.2) is 18.2 Å². The molecule has 14 heavy (non-hydrogen) atoms. The van der Waals surface area contributed by atoms with Crippen molar-refractivity contribution in [1.82, 2.24) is 5.32 Å². The number of rotatable bonds is 4. The number of benzene rings is 1. The van der Waals surface area contributed by atoms with Crippen molar-refractivity contribution in [3.8, 4) is 0 Å². The van der Waals surface area contributed by atoms with Crippen LogP contribution in [-0.2, 0) is 6.54 Å². The molecule has 0 heterocycles. The van der Waals surface area contributed by atoms with E-state index < -0.39 is 0 Å². The van der Waals surface area contributed by atoms with Crippen molar-refractivity contribution in [1.29, 1.82) is 0 Å². The molecule has 0 aliphatic carbocycles. The first-order valence-electron chi connectivity index (χ1n) is 4.83. The lowest BCUT2D eigenvalue weighted by molar-refractivity contribution is 0.809. The summed E-state index contributed by atoms with van der Waals surface area (Å²) < 4.78 is 0. The third-order valence-electron chi connectivity index (χ3n) is 2.29. The number of nitrogens with zero attached hydrogens (tertiary/aromatic N) is 1. The highest BCUT2D eigenvalue weighted by Crippen LogP contribution is 2.23. The minimum absolute atomic E-state index is 0.795. The van der Waals surface area contributed by atoms with E-state index in [1.165, 1.54) is 11.3 Å². The van der Waals surface area contributed by atoms with Crippen LogP contribution in [0.1, 0.15) is 12.5 Å². The van der Waals surface area contributed by atoms with Gasteiger partial charge in [-0.25, -0.2) is 0 Å². The lowest BCUT2D eigenvalue weighted by atomic mass is 10.1. The maximum atomic E-state index is 5.95. The van der Waals surface area contributed by atoms with Gasteiger partial charge in [0.05, 0.1) is 0 Å². The van der Waals surface area contributed by atoms with Crippen molar-refractivity contribution in [2.75, 3.05) is 25.5 Å². The Kier molecular flexibility index (Phi) is 4.23. The van der Waals surface area contributed by atoms with E-state index in [0.29, 0.717) is 0 Å². The number of halogens is 1. The maximum Gasteiger partial charge on any atom is 0.0410 e. The van der Waals surface area contributed by atoms with Crippen LogP contribution in [0.3, 0.4) is 0 Å². The highest BCUT2D eigenvalue weighted by atomic mass is 35.5. The Labute approximate surface area is 90.9 Å². The third-order valence-corrected chi connectivity index (χ3v) is 2.53. The van der Waals surface area contributed by atoms with Crippen molar-refractivity contribution in [2.24, 2.45) is 0 Å². The molecule has 0 saturated carbocycles. The summed E-state index contributed by atoms with van der Waals surface area (Å²) in [6, 6.07) is 6.01. The fourth-order valence-electron chi connectivity index (χ4n) is 1.43. The minimum atomic E-state index is 0.795. The second kappa shape index (κ2) is 5.23. The number of anilines is 1. The molecule has 0 fully saturated rings. The van der Waals surface area contributed by atoms with E-state index in [0.717, 1.165) is 18.1 Å².